The maximum absolute atomic E-state index is 9.82. The summed E-state index contributed by atoms with van der Waals surface area (Å²) in [5, 5.41) is 12.1. The smallest absolute Gasteiger partial charge is 0.124 e. The van der Waals surface area contributed by atoms with Gasteiger partial charge in [0.1, 0.15) is 5.75 Å². The van der Waals surface area contributed by atoms with E-state index in [4.69, 9.17) is 0 Å². The van der Waals surface area contributed by atoms with Crippen molar-refractivity contribution >= 4 is 10.8 Å². The van der Waals surface area contributed by atoms with E-state index in [1.165, 1.54) is 0 Å². The fourth-order valence-electron chi connectivity index (χ4n) is 2.04. The molecule has 0 saturated carbocycles. The molecule has 0 amide bonds. The van der Waals surface area contributed by atoms with Gasteiger partial charge in [-0.3, -0.25) is 0 Å². The van der Waals surface area contributed by atoms with Crippen LogP contribution in [0.2, 0.25) is 0 Å². The summed E-state index contributed by atoms with van der Waals surface area (Å²) in [6.07, 6.45) is 0. The standard InChI is InChI=1S/C14H10O/c15-13-9-8-11-6-3-5-10-4-1-2-7-12(10)14(11)13/h1-9,15H. The van der Waals surface area contributed by atoms with Crippen molar-refractivity contribution < 1.29 is 5.11 Å². The highest BCUT2D eigenvalue weighted by atomic mass is 16.3. The van der Waals surface area contributed by atoms with Gasteiger partial charge in [0, 0.05) is 5.56 Å². The van der Waals surface area contributed by atoms with Crippen LogP contribution in [0.4, 0.5) is 0 Å². The molecule has 2 aliphatic carbocycles. The van der Waals surface area contributed by atoms with Crippen LogP contribution in [0.25, 0.3) is 21.9 Å². The lowest BCUT2D eigenvalue weighted by Crippen LogP contribution is -1.71. The van der Waals surface area contributed by atoms with Gasteiger partial charge in [0.25, 0.3) is 0 Å². The molecule has 0 radical (unpaired) electrons. The summed E-state index contributed by atoms with van der Waals surface area (Å²) in [5.41, 5.74) is 2.02. The Morgan fingerprint density at radius 1 is 0.733 bits per heavy atom. The maximum atomic E-state index is 9.82. The maximum Gasteiger partial charge on any atom is 0.124 e. The van der Waals surface area contributed by atoms with Crippen molar-refractivity contribution in [2.75, 3.05) is 0 Å². The first-order valence-corrected chi connectivity index (χ1v) is 4.96. The molecule has 2 aliphatic rings. The van der Waals surface area contributed by atoms with Crippen LogP contribution >= 0.6 is 0 Å². The van der Waals surface area contributed by atoms with Crippen molar-refractivity contribution in [2.24, 2.45) is 0 Å². The predicted octanol–water partition coefficient (Wildman–Crippen LogP) is 3.65. The van der Waals surface area contributed by atoms with Gasteiger partial charge in [-0.2, -0.15) is 0 Å². The average molecular weight is 194 g/mol. The summed E-state index contributed by atoms with van der Waals surface area (Å²) < 4.78 is 0. The van der Waals surface area contributed by atoms with Crippen LogP contribution in [-0.4, -0.2) is 5.11 Å². The van der Waals surface area contributed by atoms with Crippen molar-refractivity contribution in [3.05, 3.63) is 54.6 Å². The first kappa shape index (κ1) is 8.30. The topological polar surface area (TPSA) is 20.2 Å². The van der Waals surface area contributed by atoms with Crippen LogP contribution in [0.15, 0.2) is 54.6 Å². The normalized spacial score (nSPS) is 10.9. The summed E-state index contributed by atoms with van der Waals surface area (Å²) >= 11 is 0. The third-order valence-corrected chi connectivity index (χ3v) is 2.75. The highest BCUT2D eigenvalue weighted by Crippen LogP contribution is 2.37. The van der Waals surface area contributed by atoms with E-state index in [1.807, 2.05) is 36.4 Å². The van der Waals surface area contributed by atoms with Crippen LogP contribution in [0.5, 0.6) is 5.75 Å². The van der Waals surface area contributed by atoms with E-state index in [9.17, 15) is 5.11 Å². The zero-order chi connectivity index (χ0) is 10.3. The van der Waals surface area contributed by atoms with Crippen molar-refractivity contribution in [1.29, 1.82) is 0 Å². The van der Waals surface area contributed by atoms with E-state index in [0.29, 0.717) is 5.75 Å². The fraction of sp³-hybridized carbons (Fsp3) is 0. The molecule has 0 spiro atoms. The third-order valence-electron chi connectivity index (χ3n) is 2.75. The Labute approximate surface area is 87.9 Å². The lowest BCUT2D eigenvalue weighted by molar-refractivity contribution is 0.480. The lowest BCUT2D eigenvalue weighted by atomic mass is 10.1. The minimum Gasteiger partial charge on any atom is -0.507 e. The first-order valence-electron chi connectivity index (χ1n) is 4.96. The Bertz CT molecular complexity index is 598. The monoisotopic (exact) mass is 194 g/mol. The number of rotatable bonds is 0. The lowest BCUT2D eigenvalue weighted by Gasteiger charge is -1.99. The van der Waals surface area contributed by atoms with Gasteiger partial charge in [0.2, 0.25) is 0 Å². The Balaban J connectivity index is 2.57. The van der Waals surface area contributed by atoms with Crippen LogP contribution in [0.1, 0.15) is 0 Å². The van der Waals surface area contributed by atoms with Crippen LogP contribution in [-0.2, 0) is 0 Å². The summed E-state index contributed by atoms with van der Waals surface area (Å²) in [4.78, 5) is 0. The van der Waals surface area contributed by atoms with E-state index >= 15 is 0 Å². The molecule has 0 heterocycles. The molecular weight excluding hydrogens is 184 g/mol. The average Bonchev–Trinajstić information content (AvgIpc) is 2.52. The molecule has 0 aromatic heterocycles. The van der Waals surface area contributed by atoms with Gasteiger partial charge in [0.05, 0.1) is 0 Å². The van der Waals surface area contributed by atoms with E-state index in [-0.39, 0.29) is 0 Å². The van der Waals surface area contributed by atoms with Crippen LogP contribution < -0.4 is 0 Å². The molecule has 1 heteroatoms. The molecule has 0 unspecified atom stereocenters. The molecule has 1 nitrogen and oxygen atoms in total. The van der Waals surface area contributed by atoms with Gasteiger partial charge in [-0.05, 0) is 22.4 Å². The number of fused-ring (bicyclic) bond motifs is 3. The van der Waals surface area contributed by atoms with E-state index in [1.54, 1.807) is 6.07 Å². The van der Waals surface area contributed by atoms with Crippen molar-refractivity contribution in [2.45, 2.75) is 0 Å². The van der Waals surface area contributed by atoms with Crippen molar-refractivity contribution in [1.82, 2.24) is 0 Å². The number of hydrogen-bond acceptors (Lipinski definition) is 1. The molecule has 1 N–H and O–H groups in total. The zero-order valence-electron chi connectivity index (χ0n) is 8.14. The second-order valence-corrected chi connectivity index (χ2v) is 3.66. The minimum absolute atomic E-state index is 0.359. The molecule has 1 aromatic rings. The Hall–Kier alpha value is -2.02. The number of hydrogen-bond donors (Lipinski definition) is 1. The minimum atomic E-state index is 0.359. The largest absolute Gasteiger partial charge is 0.507 e. The van der Waals surface area contributed by atoms with Gasteiger partial charge < -0.3 is 5.11 Å². The molecule has 0 atom stereocenters. The number of benzene rings is 1. The summed E-state index contributed by atoms with van der Waals surface area (Å²) in [7, 11) is 0. The molecule has 0 aliphatic heterocycles. The molecule has 3 rings (SSSR count). The van der Waals surface area contributed by atoms with Gasteiger partial charge in [-0.1, -0.05) is 48.5 Å². The van der Waals surface area contributed by atoms with Crippen molar-refractivity contribution in [3.8, 4) is 16.9 Å². The molecule has 15 heavy (non-hydrogen) atoms. The molecular formula is C14H10O. The number of aromatic hydroxyl groups is 1. The molecule has 0 saturated heterocycles. The van der Waals surface area contributed by atoms with Crippen LogP contribution in [0.3, 0.4) is 0 Å². The van der Waals surface area contributed by atoms with Crippen LogP contribution in [0, 0.1) is 0 Å². The second kappa shape index (κ2) is 2.99. The quantitative estimate of drug-likeness (QED) is 0.579. The highest BCUT2D eigenvalue weighted by molar-refractivity contribution is 5.99. The summed E-state index contributed by atoms with van der Waals surface area (Å²) in [6, 6.07) is 17.9. The van der Waals surface area contributed by atoms with Crippen molar-refractivity contribution in [3.63, 3.8) is 0 Å². The van der Waals surface area contributed by atoms with Gasteiger partial charge >= 0.3 is 0 Å². The molecule has 72 valence electrons. The SMILES string of the molecule is Oc1ccc2cccc3ccccc3c1-2. The Morgan fingerprint density at radius 3 is 2.47 bits per heavy atom. The second-order valence-electron chi connectivity index (χ2n) is 3.66. The molecule has 1 aromatic carbocycles. The predicted molar refractivity (Wildman–Crippen MR) is 62.2 cm³/mol. The Kier molecular flexibility index (Phi) is 1.65. The van der Waals surface area contributed by atoms with E-state index in [0.717, 1.165) is 21.9 Å². The summed E-state index contributed by atoms with van der Waals surface area (Å²) in [6.45, 7) is 0. The summed E-state index contributed by atoms with van der Waals surface area (Å²) in [5.74, 6) is 0.359. The van der Waals surface area contributed by atoms with E-state index in [2.05, 4.69) is 12.1 Å². The third kappa shape index (κ3) is 1.17. The highest BCUT2D eigenvalue weighted by Gasteiger charge is 2.10. The molecule has 0 bridgehead atoms. The Morgan fingerprint density at radius 2 is 1.53 bits per heavy atom. The zero-order valence-corrected chi connectivity index (χ0v) is 8.14. The molecule has 0 fully saturated rings. The van der Waals surface area contributed by atoms with E-state index < -0.39 is 0 Å². The first-order chi connectivity index (χ1) is 7.36. The van der Waals surface area contributed by atoms with Gasteiger partial charge in [-0.25, -0.2) is 0 Å². The van der Waals surface area contributed by atoms with Gasteiger partial charge in [0.15, 0.2) is 0 Å². The fourth-order valence-corrected chi connectivity index (χ4v) is 2.04. The van der Waals surface area contributed by atoms with Gasteiger partial charge in [-0.15, -0.1) is 0 Å².